The van der Waals surface area contributed by atoms with Crippen molar-refractivity contribution in [1.29, 1.82) is 0 Å². The maximum atomic E-state index is 12.9. The molecule has 0 aliphatic carbocycles. The quantitative estimate of drug-likeness (QED) is 0.870. The molecule has 0 radical (unpaired) electrons. The Morgan fingerprint density at radius 3 is 2.80 bits per heavy atom. The molecule has 1 atom stereocenters. The molecule has 0 bridgehead atoms. The highest BCUT2D eigenvalue weighted by molar-refractivity contribution is 6.19. The standard InChI is InChI=1S/C19H21N3O3/c1-4-13-8-6-9-14(12-13)21-17(23)19(3)18(24)22(5-2)16-15(25-19)10-7-11-20-16/h6-12H,4-5H2,1-3H3,(H,21,23)/t19-/m1/s1. The molecule has 2 heterocycles. The lowest BCUT2D eigenvalue weighted by atomic mass is 10.0. The number of pyridine rings is 1. The van der Waals surface area contributed by atoms with E-state index in [2.05, 4.69) is 10.3 Å². The number of nitrogens with one attached hydrogen (secondary N) is 1. The van der Waals surface area contributed by atoms with E-state index in [1.54, 1.807) is 24.4 Å². The summed E-state index contributed by atoms with van der Waals surface area (Å²) in [5, 5.41) is 2.80. The molecular weight excluding hydrogens is 318 g/mol. The molecule has 6 heteroatoms. The van der Waals surface area contributed by atoms with E-state index in [9.17, 15) is 9.59 Å². The Morgan fingerprint density at radius 2 is 2.08 bits per heavy atom. The van der Waals surface area contributed by atoms with Crippen molar-refractivity contribution in [2.45, 2.75) is 32.8 Å². The highest BCUT2D eigenvalue weighted by Gasteiger charge is 2.50. The van der Waals surface area contributed by atoms with Gasteiger partial charge < -0.3 is 10.1 Å². The van der Waals surface area contributed by atoms with Crippen LogP contribution in [0.3, 0.4) is 0 Å². The number of carbonyl (C=O) groups excluding carboxylic acids is 2. The van der Waals surface area contributed by atoms with E-state index in [1.165, 1.54) is 11.8 Å². The van der Waals surface area contributed by atoms with Crippen LogP contribution in [0.1, 0.15) is 26.3 Å². The molecule has 0 spiro atoms. The van der Waals surface area contributed by atoms with Crippen LogP contribution in [0.4, 0.5) is 11.5 Å². The lowest BCUT2D eigenvalue weighted by Gasteiger charge is -2.38. The van der Waals surface area contributed by atoms with Gasteiger partial charge in [-0.1, -0.05) is 19.1 Å². The van der Waals surface area contributed by atoms with Gasteiger partial charge in [-0.3, -0.25) is 14.5 Å². The molecule has 0 saturated heterocycles. The van der Waals surface area contributed by atoms with Crippen LogP contribution in [0.25, 0.3) is 0 Å². The van der Waals surface area contributed by atoms with Gasteiger partial charge in [-0.2, -0.15) is 0 Å². The molecule has 6 nitrogen and oxygen atoms in total. The van der Waals surface area contributed by atoms with Crippen LogP contribution in [-0.4, -0.2) is 28.9 Å². The molecule has 1 aromatic heterocycles. The van der Waals surface area contributed by atoms with E-state index in [0.29, 0.717) is 23.8 Å². The van der Waals surface area contributed by atoms with Gasteiger partial charge in [0.05, 0.1) is 0 Å². The first-order chi connectivity index (χ1) is 12.0. The number of fused-ring (bicyclic) bond motifs is 1. The summed E-state index contributed by atoms with van der Waals surface area (Å²) in [6, 6.07) is 11.0. The molecule has 1 aromatic carbocycles. The first kappa shape index (κ1) is 17.0. The number of hydrogen-bond acceptors (Lipinski definition) is 4. The number of nitrogens with zero attached hydrogens (tertiary/aromatic N) is 2. The average Bonchev–Trinajstić information content (AvgIpc) is 2.63. The Labute approximate surface area is 146 Å². The highest BCUT2D eigenvalue weighted by Crippen LogP contribution is 2.36. The third-order valence-corrected chi connectivity index (χ3v) is 4.32. The first-order valence-electron chi connectivity index (χ1n) is 8.36. The van der Waals surface area contributed by atoms with Gasteiger partial charge >= 0.3 is 0 Å². The summed E-state index contributed by atoms with van der Waals surface area (Å²) in [4.78, 5) is 31.4. The number of anilines is 2. The molecular formula is C19H21N3O3. The lowest BCUT2D eigenvalue weighted by Crippen LogP contribution is -2.60. The fourth-order valence-electron chi connectivity index (χ4n) is 2.84. The topological polar surface area (TPSA) is 71.5 Å². The van der Waals surface area contributed by atoms with Gasteiger partial charge in [0.15, 0.2) is 11.6 Å². The predicted molar refractivity (Wildman–Crippen MR) is 95.7 cm³/mol. The molecule has 0 fully saturated rings. The van der Waals surface area contributed by atoms with E-state index in [4.69, 9.17) is 4.74 Å². The molecule has 2 aromatic rings. The van der Waals surface area contributed by atoms with Crippen molar-refractivity contribution in [3.8, 4) is 5.75 Å². The second-order valence-corrected chi connectivity index (χ2v) is 6.02. The smallest absolute Gasteiger partial charge is 0.282 e. The minimum absolute atomic E-state index is 0.403. The highest BCUT2D eigenvalue weighted by atomic mass is 16.5. The summed E-state index contributed by atoms with van der Waals surface area (Å²) < 4.78 is 5.79. The second-order valence-electron chi connectivity index (χ2n) is 6.02. The van der Waals surface area contributed by atoms with E-state index in [1.807, 2.05) is 32.0 Å². The van der Waals surface area contributed by atoms with E-state index in [-0.39, 0.29) is 0 Å². The monoisotopic (exact) mass is 339 g/mol. The van der Waals surface area contributed by atoms with Crippen LogP contribution in [-0.2, 0) is 16.0 Å². The van der Waals surface area contributed by atoms with Gasteiger partial charge in [0.25, 0.3) is 17.4 Å². The van der Waals surface area contributed by atoms with Crippen molar-refractivity contribution in [3.63, 3.8) is 0 Å². The molecule has 2 amide bonds. The van der Waals surface area contributed by atoms with Crippen molar-refractivity contribution in [2.75, 3.05) is 16.8 Å². The molecule has 1 aliphatic rings. The maximum absolute atomic E-state index is 12.9. The van der Waals surface area contributed by atoms with Crippen LogP contribution in [0.5, 0.6) is 5.75 Å². The number of aryl methyl sites for hydroxylation is 1. The minimum atomic E-state index is -1.64. The van der Waals surface area contributed by atoms with Crippen LogP contribution < -0.4 is 15.0 Å². The number of aromatic nitrogens is 1. The van der Waals surface area contributed by atoms with Crippen molar-refractivity contribution in [2.24, 2.45) is 0 Å². The number of hydrogen-bond donors (Lipinski definition) is 1. The number of carbonyl (C=O) groups is 2. The zero-order valence-electron chi connectivity index (χ0n) is 14.6. The van der Waals surface area contributed by atoms with Crippen LogP contribution in [0.15, 0.2) is 42.6 Å². The molecule has 0 unspecified atom stereocenters. The van der Waals surface area contributed by atoms with Crippen LogP contribution in [0, 0.1) is 0 Å². The Bertz CT molecular complexity index is 821. The van der Waals surface area contributed by atoms with Gasteiger partial charge in [-0.25, -0.2) is 4.98 Å². The lowest BCUT2D eigenvalue weighted by molar-refractivity contribution is -0.145. The van der Waals surface area contributed by atoms with Gasteiger partial charge in [-0.15, -0.1) is 0 Å². The predicted octanol–water partition coefficient (Wildman–Crippen LogP) is 2.79. The number of benzene rings is 1. The Kier molecular flexibility index (Phi) is 4.44. The minimum Gasteiger partial charge on any atom is -0.464 e. The largest absolute Gasteiger partial charge is 0.464 e. The third-order valence-electron chi connectivity index (χ3n) is 4.32. The summed E-state index contributed by atoms with van der Waals surface area (Å²) in [6.45, 7) is 5.77. The van der Waals surface area contributed by atoms with Gasteiger partial charge in [0.2, 0.25) is 0 Å². The zero-order valence-corrected chi connectivity index (χ0v) is 14.6. The summed E-state index contributed by atoms with van der Waals surface area (Å²) >= 11 is 0. The van der Waals surface area contributed by atoms with E-state index >= 15 is 0 Å². The third kappa shape index (κ3) is 2.95. The summed E-state index contributed by atoms with van der Waals surface area (Å²) in [5.41, 5.74) is 0.0967. The molecule has 130 valence electrons. The number of rotatable bonds is 4. The van der Waals surface area contributed by atoms with Gasteiger partial charge in [0, 0.05) is 18.4 Å². The Balaban J connectivity index is 1.92. The SMILES string of the molecule is CCc1cccc(NC(=O)[C@@]2(C)Oc3cccnc3N(CC)C2=O)c1. The van der Waals surface area contributed by atoms with Crippen LogP contribution in [0.2, 0.25) is 0 Å². The number of amides is 2. The van der Waals surface area contributed by atoms with Crippen molar-refractivity contribution in [1.82, 2.24) is 4.98 Å². The molecule has 0 saturated carbocycles. The second kappa shape index (κ2) is 6.55. The molecule has 3 rings (SSSR count). The van der Waals surface area contributed by atoms with E-state index < -0.39 is 17.4 Å². The fourth-order valence-corrected chi connectivity index (χ4v) is 2.84. The first-order valence-corrected chi connectivity index (χ1v) is 8.36. The normalized spacial score (nSPS) is 19.2. The maximum Gasteiger partial charge on any atom is 0.282 e. The van der Waals surface area contributed by atoms with Crippen molar-refractivity contribution in [3.05, 3.63) is 48.2 Å². The Morgan fingerprint density at radius 1 is 1.28 bits per heavy atom. The number of ether oxygens (including phenoxy) is 1. The molecule has 25 heavy (non-hydrogen) atoms. The van der Waals surface area contributed by atoms with Gasteiger partial charge in [-0.05, 0) is 50.1 Å². The Hall–Kier alpha value is -2.89. The fraction of sp³-hybridized carbons (Fsp3) is 0.316. The van der Waals surface area contributed by atoms with Crippen LogP contribution >= 0.6 is 0 Å². The summed E-state index contributed by atoms with van der Waals surface area (Å²) in [6.07, 6.45) is 2.45. The summed E-state index contributed by atoms with van der Waals surface area (Å²) in [5.74, 6) is -0.0683. The molecule has 1 N–H and O–H groups in total. The molecule has 1 aliphatic heterocycles. The van der Waals surface area contributed by atoms with E-state index in [0.717, 1.165) is 12.0 Å². The van der Waals surface area contributed by atoms with Gasteiger partial charge in [0.1, 0.15) is 0 Å². The number of likely N-dealkylation sites (N-methyl/N-ethyl adjacent to an activating group) is 1. The van der Waals surface area contributed by atoms with Crippen molar-refractivity contribution >= 4 is 23.3 Å². The zero-order chi connectivity index (χ0) is 18.0. The van der Waals surface area contributed by atoms with Crippen molar-refractivity contribution < 1.29 is 14.3 Å². The summed E-state index contributed by atoms with van der Waals surface area (Å²) in [7, 11) is 0. The average molecular weight is 339 g/mol.